The molecule has 1 aromatic carbocycles. The summed E-state index contributed by atoms with van der Waals surface area (Å²) in [4.78, 5) is 10.8. The summed E-state index contributed by atoms with van der Waals surface area (Å²) in [6.45, 7) is 6.01. The minimum absolute atomic E-state index is 0. The SMILES string of the molecule is COCCC[C@H]1CN(c2c(C)sc3c2C=Nc2ccc(F)cc2N3)CCN1C.Cl.Cl. The van der Waals surface area contributed by atoms with Crippen LogP contribution in [0.1, 0.15) is 23.3 Å². The first kappa shape index (κ1) is 24.9. The van der Waals surface area contributed by atoms with Crippen LogP contribution < -0.4 is 10.2 Å². The normalized spacial score (nSPS) is 17.9. The summed E-state index contributed by atoms with van der Waals surface area (Å²) in [5.74, 6) is -0.253. The van der Waals surface area contributed by atoms with E-state index >= 15 is 0 Å². The zero-order chi connectivity index (χ0) is 19.7. The minimum atomic E-state index is -0.253. The van der Waals surface area contributed by atoms with Crippen LogP contribution in [0.25, 0.3) is 0 Å². The van der Waals surface area contributed by atoms with Gasteiger partial charge in [-0.05, 0) is 45.0 Å². The average Bonchev–Trinajstić information content (AvgIpc) is 2.87. The zero-order valence-corrected chi connectivity index (χ0v) is 19.9. The van der Waals surface area contributed by atoms with Gasteiger partial charge in [-0.15, -0.1) is 36.2 Å². The Kier molecular flexibility index (Phi) is 8.94. The molecular weight excluding hydrogens is 446 g/mol. The molecule has 2 aliphatic heterocycles. The number of thiophene rings is 1. The summed E-state index contributed by atoms with van der Waals surface area (Å²) in [7, 11) is 3.97. The number of aryl methyl sites for hydroxylation is 1. The van der Waals surface area contributed by atoms with Gasteiger partial charge in [0.25, 0.3) is 0 Å². The molecule has 30 heavy (non-hydrogen) atoms. The van der Waals surface area contributed by atoms with E-state index in [1.807, 2.05) is 6.21 Å². The molecule has 0 saturated carbocycles. The molecule has 0 amide bonds. The van der Waals surface area contributed by atoms with Crippen molar-refractivity contribution in [1.82, 2.24) is 4.90 Å². The van der Waals surface area contributed by atoms with E-state index in [9.17, 15) is 4.39 Å². The van der Waals surface area contributed by atoms with Crippen LogP contribution in [0.15, 0.2) is 23.2 Å². The second-order valence-corrected chi connectivity index (χ2v) is 8.73. The summed E-state index contributed by atoms with van der Waals surface area (Å²) < 4.78 is 18.9. The Hall–Kier alpha value is -1.38. The summed E-state index contributed by atoms with van der Waals surface area (Å²) >= 11 is 1.72. The Balaban J connectivity index is 0.00000160. The first-order chi connectivity index (χ1) is 13.6. The van der Waals surface area contributed by atoms with Gasteiger partial charge in [0, 0.05) is 50.5 Å². The molecule has 2 aromatic rings. The number of piperazine rings is 1. The van der Waals surface area contributed by atoms with Crippen LogP contribution in [0.3, 0.4) is 0 Å². The number of likely N-dealkylation sites (N-methyl/N-ethyl adjacent to an activating group) is 1. The van der Waals surface area contributed by atoms with Gasteiger partial charge < -0.3 is 15.0 Å². The zero-order valence-electron chi connectivity index (χ0n) is 17.5. The molecule has 0 spiro atoms. The molecule has 2 aliphatic rings. The van der Waals surface area contributed by atoms with Crippen molar-refractivity contribution in [3.63, 3.8) is 0 Å². The van der Waals surface area contributed by atoms with E-state index in [0.29, 0.717) is 6.04 Å². The second kappa shape index (κ2) is 10.8. The molecule has 1 aromatic heterocycles. The fraction of sp³-hybridized carbons (Fsp3) is 0.476. The predicted octanol–water partition coefficient (Wildman–Crippen LogP) is 5.39. The van der Waals surface area contributed by atoms with Crippen LogP contribution in [0.2, 0.25) is 0 Å². The van der Waals surface area contributed by atoms with E-state index in [0.717, 1.165) is 61.0 Å². The van der Waals surface area contributed by atoms with E-state index in [-0.39, 0.29) is 30.6 Å². The van der Waals surface area contributed by atoms with E-state index in [4.69, 9.17) is 4.74 Å². The van der Waals surface area contributed by atoms with Crippen molar-refractivity contribution < 1.29 is 9.13 Å². The van der Waals surface area contributed by atoms with Crippen molar-refractivity contribution in [3.05, 3.63) is 34.5 Å². The van der Waals surface area contributed by atoms with Gasteiger partial charge in [0.15, 0.2) is 0 Å². The number of hydrogen-bond acceptors (Lipinski definition) is 6. The lowest BCUT2D eigenvalue weighted by Crippen LogP contribution is -2.51. The van der Waals surface area contributed by atoms with E-state index < -0.39 is 0 Å². The number of hydrogen-bond donors (Lipinski definition) is 1. The monoisotopic (exact) mass is 474 g/mol. The number of benzene rings is 1. The molecule has 1 N–H and O–H groups in total. The van der Waals surface area contributed by atoms with Gasteiger partial charge in [-0.2, -0.15) is 0 Å². The number of halogens is 3. The van der Waals surface area contributed by atoms with Crippen LogP contribution in [-0.2, 0) is 4.74 Å². The van der Waals surface area contributed by atoms with Gasteiger partial charge in [-0.25, -0.2) is 4.39 Å². The molecule has 166 valence electrons. The molecular formula is C21H29Cl2FN4OS. The van der Waals surface area contributed by atoms with Crippen LogP contribution in [0, 0.1) is 12.7 Å². The second-order valence-electron chi connectivity index (χ2n) is 7.51. The molecule has 9 heteroatoms. The number of nitrogens with zero attached hydrogens (tertiary/aromatic N) is 3. The molecule has 0 unspecified atom stereocenters. The highest BCUT2D eigenvalue weighted by molar-refractivity contribution is 7.17. The van der Waals surface area contributed by atoms with E-state index in [2.05, 4.69) is 34.1 Å². The number of ether oxygens (including phenoxy) is 1. The molecule has 5 nitrogen and oxygen atoms in total. The Bertz CT molecular complexity index is 892. The summed E-state index contributed by atoms with van der Waals surface area (Å²) in [6.07, 6.45) is 4.14. The van der Waals surface area contributed by atoms with Crippen molar-refractivity contribution in [1.29, 1.82) is 0 Å². The maximum Gasteiger partial charge on any atom is 0.125 e. The van der Waals surface area contributed by atoms with Crippen LogP contribution in [0.4, 0.5) is 26.5 Å². The largest absolute Gasteiger partial charge is 0.385 e. The van der Waals surface area contributed by atoms with Crippen LogP contribution in [-0.4, -0.2) is 57.6 Å². The lowest BCUT2D eigenvalue weighted by atomic mass is 10.1. The Morgan fingerprint density at radius 2 is 2.10 bits per heavy atom. The third kappa shape index (κ3) is 5.08. The quantitative estimate of drug-likeness (QED) is 0.502. The van der Waals surface area contributed by atoms with Crippen molar-refractivity contribution in [3.8, 4) is 0 Å². The fourth-order valence-electron chi connectivity index (χ4n) is 4.06. The van der Waals surface area contributed by atoms with E-state index in [1.54, 1.807) is 24.5 Å². The Morgan fingerprint density at radius 1 is 1.30 bits per heavy atom. The molecule has 0 bridgehead atoms. The number of anilines is 3. The van der Waals surface area contributed by atoms with Gasteiger partial charge in [0.05, 0.1) is 22.6 Å². The van der Waals surface area contributed by atoms with E-state index in [1.165, 1.54) is 22.7 Å². The molecule has 1 fully saturated rings. The highest BCUT2D eigenvalue weighted by atomic mass is 35.5. The van der Waals surface area contributed by atoms with Crippen molar-refractivity contribution in [2.75, 3.05) is 50.6 Å². The summed E-state index contributed by atoms with van der Waals surface area (Å²) in [5, 5.41) is 4.44. The van der Waals surface area contributed by atoms with Gasteiger partial charge in [0.1, 0.15) is 10.8 Å². The molecule has 0 radical (unpaired) electrons. The van der Waals surface area contributed by atoms with Crippen molar-refractivity contribution in [2.24, 2.45) is 4.99 Å². The third-order valence-corrected chi connectivity index (χ3v) is 6.63. The fourth-order valence-corrected chi connectivity index (χ4v) is 5.12. The molecule has 4 rings (SSSR count). The predicted molar refractivity (Wildman–Crippen MR) is 130 cm³/mol. The van der Waals surface area contributed by atoms with Crippen LogP contribution >= 0.6 is 36.2 Å². The maximum atomic E-state index is 13.7. The number of rotatable bonds is 5. The molecule has 3 heterocycles. The summed E-state index contributed by atoms with van der Waals surface area (Å²) in [6, 6.07) is 5.20. The third-order valence-electron chi connectivity index (χ3n) is 5.61. The topological polar surface area (TPSA) is 40.1 Å². The van der Waals surface area contributed by atoms with Crippen molar-refractivity contribution in [2.45, 2.75) is 25.8 Å². The molecule has 1 atom stereocenters. The Morgan fingerprint density at radius 3 is 2.87 bits per heavy atom. The number of aliphatic imine (C=N–C) groups is 1. The minimum Gasteiger partial charge on any atom is -0.385 e. The Labute approximate surface area is 194 Å². The van der Waals surface area contributed by atoms with Crippen molar-refractivity contribution >= 4 is 64.4 Å². The lowest BCUT2D eigenvalue weighted by molar-refractivity contribution is 0.162. The average molecular weight is 475 g/mol. The first-order valence-corrected chi connectivity index (χ1v) is 10.6. The standard InChI is InChI=1S/C21H27FN4OS.2ClH/c1-14-20(26-9-8-25(2)16(13-26)5-4-10-27-3)17-12-23-18-7-6-15(22)11-19(18)24-21(17)28-14;;/h6-7,11-12,16,24H,4-5,8-10,13H2,1-3H3;2*1H/t16-;;/m0../s1. The highest BCUT2D eigenvalue weighted by Gasteiger charge is 2.29. The number of nitrogens with one attached hydrogen (secondary N) is 1. The number of fused-ring (bicyclic) bond motifs is 2. The molecule has 1 saturated heterocycles. The van der Waals surface area contributed by atoms with Gasteiger partial charge in [0.2, 0.25) is 0 Å². The highest BCUT2D eigenvalue weighted by Crippen LogP contribution is 2.44. The summed E-state index contributed by atoms with van der Waals surface area (Å²) in [5.41, 5.74) is 3.86. The van der Waals surface area contributed by atoms with Gasteiger partial charge in [-0.3, -0.25) is 9.89 Å². The maximum absolute atomic E-state index is 13.7. The van der Waals surface area contributed by atoms with Gasteiger partial charge >= 0.3 is 0 Å². The van der Waals surface area contributed by atoms with Crippen LogP contribution in [0.5, 0.6) is 0 Å². The lowest BCUT2D eigenvalue weighted by Gasteiger charge is -2.41. The van der Waals surface area contributed by atoms with Gasteiger partial charge in [-0.1, -0.05) is 0 Å². The number of methoxy groups -OCH3 is 1. The smallest absolute Gasteiger partial charge is 0.125 e. The molecule has 0 aliphatic carbocycles. The first-order valence-electron chi connectivity index (χ1n) is 9.75.